The third-order valence-electron chi connectivity index (χ3n) is 7.16. The van der Waals surface area contributed by atoms with Gasteiger partial charge in [0, 0.05) is 11.6 Å². The molecular formula is C32H25ClN2O4S. The summed E-state index contributed by atoms with van der Waals surface area (Å²) in [6.45, 7) is 2.37. The van der Waals surface area contributed by atoms with Crippen molar-refractivity contribution in [2.24, 2.45) is 0 Å². The van der Waals surface area contributed by atoms with Crippen LogP contribution in [0, 0.1) is 0 Å². The Bertz CT molecular complexity index is 1680. The number of hydrogen-bond acceptors (Lipinski definition) is 6. The van der Waals surface area contributed by atoms with Crippen molar-refractivity contribution in [2.45, 2.75) is 31.5 Å². The molecule has 200 valence electrons. The van der Waals surface area contributed by atoms with E-state index in [1.54, 1.807) is 12.3 Å². The number of hydrogen-bond donors (Lipinski definition) is 1. The van der Waals surface area contributed by atoms with Gasteiger partial charge >= 0.3 is 6.09 Å². The Morgan fingerprint density at radius 3 is 2.30 bits per heavy atom. The molecule has 1 aliphatic carbocycles. The zero-order valence-corrected chi connectivity index (χ0v) is 23.2. The minimum atomic E-state index is -0.555. The smallest absolute Gasteiger partial charge is 0.412 e. The molecule has 1 saturated carbocycles. The Kier molecular flexibility index (Phi) is 7.00. The van der Waals surface area contributed by atoms with Gasteiger partial charge in [-0.05, 0) is 53.6 Å². The topological polar surface area (TPSA) is 77.5 Å². The SMILES string of the molecule is C[C@@H](OC(=O)Nc1c(-c2ccc(-c3ccc(C4(OC=O)CC4)cc3)cc2)sc2ncc(Cl)cc12)c1ccccc1. The number of benzene rings is 3. The first-order valence-electron chi connectivity index (χ1n) is 12.9. The highest BCUT2D eigenvalue weighted by atomic mass is 35.5. The molecule has 3 aromatic carbocycles. The normalized spacial score (nSPS) is 14.3. The van der Waals surface area contributed by atoms with Crippen molar-refractivity contribution >= 4 is 51.4 Å². The molecule has 5 aromatic rings. The Morgan fingerprint density at radius 2 is 1.65 bits per heavy atom. The monoisotopic (exact) mass is 568 g/mol. The number of carbonyl (C=O) groups excluding carboxylic acids is 2. The maximum absolute atomic E-state index is 13.0. The minimum absolute atomic E-state index is 0.415. The average Bonchev–Trinajstić information content (AvgIpc) is 3.69. The standard InChI is InChI=1S/C32H25ClN2O4S/c1-20(21-5-3-2-4-6-21)39-31(37)35-28-27-17-26(33)18-34-30(27)40-29(28)24-9-7-22(8-10-24)23-11-13-25(14-12-23)32(15-16-32)38-19-36/h2-14,17-20H,15-16H2,1H3,(H,35,37)/t20-/m1/s1. The second-order valence-corrected chi connectivity index (χ2v) is 11.2. The van der Waals surface area contributed by atoms with Crippen LogP contribution in [-0.4, -0.2) is 17.5 Å². The molecule has 8 heteroatoms. The van der Waals surface area contributed by atoms with Gasteiger partial charge in [0.15, 0.2) is 0 Å². The Hall–Kier alpha value is -4.20. The summed E-state index contributed by atoms with van der Waals surface area (Å²) in [7, 11) is 0. The fourth-order valence-corrected chi connectivity index (χ4v) is 6.07. The molecule has 1 atom stereocenters. The molecule has 1 amide bonds. The van der Waals surface area contributed by atoms with Crippen LogP contribution in [0.1, 0.15) is 37.0 Å². The zero-order valence-electron chi connectivity index (χ0n) is 21.6. The molecule has 2 heterocycles. The quantitative estimate of drug-likeness (QED) is 0.189. The van der Waals surface area contributed by atoms with Crippen molar-refractivity contribution in [3.8, 4) is 21.6 Å². The lowest BCUT2D eigenvalue weighted by molar-refractivity contribution is -0.136. The van der Waals surface area contributed by atoms with Crippen molar-refractivity contribution in [1.82, 2.24) is 4.98 Å². The number of thiophene rings is 1. The van der Waals surface area contributed by atoms with Gasteiger partial charge in [-0.15, -0.1) is 11.3 Å². The summed E-state index contributed by atoms with van der Waals surface area (Å²) < 4.78 is 11.0. The molecule has 0 aliphatic heterocycles. The summed E-state index contributed by atoms with van der Waals surface area (Å²) in [4.78, 5) is 29.9. The van der Waals surface area contributed by atoms with Crippen LogP contribution in [0.25, 0.3) is 31.8 Å². The van der Waals surface area contributed by atoms with Crippen molar-refractivity contribution in [2.75, 3.05) is 5.32 Å². The van der Waals surface area contributed by atoms with E-state index in [9.17, 15) is 9.59 Å². The molecule has 6 rings (SSSR count). The van der Waals surface area contributed by atoms with Gasteiger partial charge in [-0.3, -0.25) is 10.1 Å². The van der Waals surface area contributed by atoms with Gasteiger partial charge in [-0.2, -0.15) is 0 Å². The van der Waals surface area contributed by atoms with Gasteiger partial charge in [0.25, 0.3) is 6.47 Å². The summed E-state index contributed by atoms with van der Waals surface area (Å²) in [6.07, 6.45) is 2.33. The number of amides is 1. The Labute approximate surface area is 240 Å². The lowest BCUT2D eigenvalue weighted by Crippen LogP contribution is -2.16. The van der Waals surface area contributed by atoms with Gasteiger partial charge in [-0.25, -0.2) is 9.78 Å². The van der Waals surface area contributed by atoms with Crippen molar-refractivity contribution in [1.29, 1.82) is 0 Å². The van der Waals surface area contributed by atoms with E-state index in [1.807, 2.05) is 85.8 Å². The van der Waals surface area contributed by atoms with Crippen LogP contribution in [0.15, 0.2) is 91.1 Å². The fraction of sp³-hybridized carbons (Fsp3) is 0.156. The first-order valence-corrected chi connectivity index (χ1v) is 14.1. The third-order valence-corrected chi connectivity index (χ3v) is 8.53. The van der Waals surface area contributed by atoms with E-state index in [0.29, 0.717) is 17.2 Å². The van der Waals surface area contributed by atoms with Crippen LogP contribution in [-0.2, 0) is 19.9 Å². The predicted octanol–water partition coefficient (Wildman–Crippen LogP) is 8.76. The van der Waals surface area contributed by atoms with Gasteiger partial charge in [-0.1, -0.05) is 90.5 Å². The van der Waals surface area contributed by atoms with Gasteiger partial charge in [0.2, 0.25) is 0 Å². The fourth-order valence-electron chi connectivity index (χ4n) is 4.83. The molecule has 0 unspecified atom stereocenters. The maximum Gasteiger partial charge on any atom is 0.412 e. The summed E-state index contributed by atoms with van der Waals surface area (Å²) in [5.41, 5.74) is 5.12. The van der Waals surface area contributed by atoms with E-state index in [4.69, 9.17) is 21.1 Å². The summed E-state index contributed by atoms with van der Waals surface area (Å²) in [6, 6.07) is 27.7. The summed E-state index contributed by atoms with van der Waals surface area (Å²) in [5, 5.41) is 4.19. The van der Waals surface area contributed by atoms with Gasteiger partial charge < -0.3 is 9.47 Å². The molecule has 1 N–H and O–H groups in total. The molecule has 0 bridgehead atoms. The van der Waals surface area contributed by atoms with Crippen LogP contribution < -0.4 is 5.32 Å². The second kappa shape index (κ2) is 10.8. The number of aromatic nitrogens is 1. The third kappa shape index (κ3) is 5.18. The number of nitrogens with one attached hydrogen (secondary N) is 1. The molecule has 0 spiro atoms. The van der Waals surface area contributed by atoms with Crippen LogP contribution in [0.2, 0.25) is 5.02 Å². The van der Waals surface area contributed by atoms with E-state index < -0.39 is 17.8 Å². The molecule has 1 fully saturated rings. The van der Waals surface area contributed by atoms with Crippen molar-refractivity contribution in [3.05, 3.63) is 107 Å². The second-order valence-electron chi connectivity index (χ2n) is 9.76. The highest BCUT2D eigenvalue weighted by Gasteiger charge is 2.46. The lowest BCUT2D eigenvalue weighted by Gasteiger charge is -2.15. The van der Waals surface area contributed by atoms with E-state index in [2.05, 4.69) is 10.3 Å². The highest BCUT2D eigenvalue weighted by molar-refractivity contribution is 7.22. The molecule has 0 radical (unpaired) electrons. The van der Waals surface area contributed by atoms with Gasteiger partial charge in [0.05, 0.1) is 15.6 Å². The van der Waals surface area contributed by atoms with E-state index in [1.165, 1.54) is 11.3 Å². The first kappa shape index (κ1) is 26.0. The van der Waals surface area contributed by atoms with E-state index in [0.717, 1.165) is 55.8 Å². The van der Waals surface area contributed by atoms with Gasteiger partial charge in [0.1, 0.15) is 16.5 Å². The number of pyridine rings is 1. The number of fused-ring (bicyclic) bond motifs is 1. The van der Waals surface area contributed by atoms with Crippen LogP contribution in [0.4, 0.5) is 10.5 Å². The number of nitrogens with zero attached hydrogens (tertiary/aromatic N) is 1. The average molecular weight is 569 g/mol. The number of rotatable bonds is 8. The molecule has 2 aromatic heterocycles. The molecule has 6 nitrogen and oxygen atoms in total. The lowest BCUT2D eigenvalue weighted by atomic mass is 9.99. The van der Waals surface area contributed by atoms with Crippen LogP contribution in [0.5, 0.6) is 0 Å². The van der Waals surface area contributed by atoms with E-state index in [-0.39, 0.29) is 0 Å². The number of ether oxygens (including phenoxy) is 2. The van der Waals surface area contributed by atoms with Crippen LogP contribution >= 0.6 is 22.9 Å². The number of halogens is 1. The van der Waals surface area contributed by atoms with Crippen molar-refractivity contribution < 1.29 is 19.1 Å². The van der Waals surface area contributed by atoms with Crippen LogP contribution in [0.3, 0.4) is 0 Å². The van der Waals surface area contributed by atoms with Crippen molar-refractivity contribution in [3.63, 3.8) is 0 Å². The summed E-state index contributed by atoms with van der Waals surface area (Å²) in [5.74, 6) is 0. The Balaban J connectivity index is 1.27. The molecular weight excluding hydrogens is 544 g/mol. The number of anilines is 1. The highest BCUT2D eigenvalue weighted by Crippen LogP contribution is 2.49. The predicted molar refractivity (Wildman–Crippen MR) is 159 cm³/mol. The molecule has 0 saturated heterocycles. The van der Waals surface area contributed by atoms with E-state index >= 15 is 0 Å². The minimum Gasteiger partial charge on any atom is -0.456 e. The Morgan fingerprint density at radius 1 is 1.00 bits per heavy atom. The maximum atomic E-state index is 13.0. The first-order chi connectivity index (χ1) is 19.5. The molecule has 40 heavy (non-hydrogen) atoms. The zero-order chi connectivity index (χ0) is 27.7. The molecule has 1 aliphatic rings. The summed E-state index contributed by atoms with van der Waals surface area (Å²) >= 11 is 7.75. The number of carbonyl (C=O) groups is 2. The largest absolute Gasteiger partial charge is 0.456 e.